The van der Waals surface area contributed by atoms with Gasteiger partial charge >= 0.3 is 0 Å². The summed E-state index contributed by atoms with van der Waals surface area (Å²) in [5.74, 6) is 0.343. The van der Waals surface area contributed by atoms with Gasteiger partial charge in [-0.3, -0.25) is 0 Å². The van der Waals surface area contributed by atoms with E-state index in [9.17, 15) is 5.11 Å². The number of para-hydroxylation sites is 1. The summed E-state index contributed by atoms with van der Waals surface area (Å²) < 4.78 is 0. The van der Waals surface area contributed by atoms with E-state index in [1.54, 1.807) is 0 Å². The number of phenols is 1. The van der Waals surface area contributed by atoms with Gasteiger partial charge in [0.25, 0.3) is 0 Å². The molecule has 0 aliphatic heterocycles. The fraction of sp³-hybridized carbons (Fsp3) is 0. The van der Waals surface area contributed by atoms with Gasteiger partial charge in [-0.15, -0.1) is 0 Å². The highest BCUT2D eigenvalue weighted by Crippen LogP contribution is 2.42. The minimum Gasteiger partial charge on any atom is -0.508 e. The van der Waals surface area contributed by atoms with E-state index >= 15 is 0 Å². The molecular weight excluding hydrogens is 353 g/mol. The van der Waals surface area contributed by atoms with Crippen molar-refractivity contribution in [2.75, 3.05) is 4.90 Å². The van der Waals surface area contributed by atoms with Gasteiger partial charge in [-0.25, -0.2) is 0 Å². The summed E-state index contributed by atoms with van der Waals surface area (Å²) >= 11 is 0. The maximum absolute atomic E-state index is 10.7. The summed E-state index contributed by atoms with van der Waals surface area (Å²) in [4.78, 5) is 2.29. The van der Waals surface area contributed by atoms with Gasteiger partial charge < -0.3 is 10.0 Å². The molecule has 0 aliphatic rings. The Morgan fingerprint density at radius 3 is 2.00 bits per heavy atom. The van der Waals surface area contributed by atoms with Crippen LogP contribution < -0.4 is 10.4 Å². The SMILES string of the molecule is Bc1cc(N(c2ccccc2)c2cccc3ccccc23)c2ccccc2c1O. The monoisotopic (exact) mass is 373 g/mol. The molecule has 0 saturated heterocycles. The molecule has 3 heteroatoms. The van der Waals surface area contributed by atoms with E-state index in [1.165, 1.54) is 10.8 Å². The number of hydrogen-bond donors (Lipinski definition) is 1. The Hall–Kier alpha value is -3.72. The molecule has 0 aliphatic carbocycles. The highest BCUT2D eigenvalue weighted by molar-refractivity contribution is 6.36. The fourth-order valence-corrected chi connectivity index (χ4v) is 4.05. The molecular formula is C26H20BNO. The van der Waals surface area contributed by atoms with Crippen LogP contribution in [0.3, 0.4) is 0 Å². The van der Waals surface area contributed by atoms with Crippen LogP contribution in [0.25, 0.3) is 21.5 Å². The Balaban J connectivity index is 1.89. The van der Waals surface area contributed by atoms with Crippen LogP contribution in [0.15, 0.2) is 103 Å². The number of rotatable bonds is 3. The lowest BCUT2D eigenvalue weighted by molar-refractivity contribution is 0.486. The Bertz CT molecular complexity index is 1330. The van der Waals surface area contributed by atoms with Crippen molar-refractivity contribution in [3.63, 3.8) is 0 Å². The molecule has 0 fully saturated rings. The van der Waals surface area contributed by atoms with Gasteiger partial charge in [-0.05, 0) is 35.1 Å². The molecule has 0 amide bonds. The first kappa shape index (κ1) is 17.4. The molecule has 0 spiro atoms. The third-order valence-corrected chi connectivity index (χ3v) is 5.45. The fourth-order valence-electron chi connectivity index (χ4n) is 4.05. The first-order valence-corrected chi connectivity index (χ1v) is 9.78. The minimum atomic E-state index is 0.343. The van der Waals surface area contributed by atoms with Gasteiger partial charge in [-0.2, -0.15) is 0 Å². The molecule has 5 aromatic rings. The summed E-state index contributed by atoms with van der Waals surface area (Å²) in [6.07, 6.45) is 0. The van der Waals surface area contributed by atoms with Crippen LogP contribution in [0.1, 0.15) is 0 Å². The van der Waals surface area contributed by atoms with E-state index in [4.69, 9.17) is 0 Å². The number of benzene rings is 5. The molecule has 0 unspecified atom stereocenters. The quantitative estimate of drug-likeness (QED) is 0.427. The zero-order valence-corrected chi connectivity index (χ0v) is 16.2. The largest absolute Gasteiger partial charge is 0.508 e. The maximum atomic E-state index is 10.7. The van der Waals surface area contributed by atoms with E-state index in [1.807, 2.05) is 32.1 Å². The first-order valence-electron chi connectivity index (χ1n) is 9.78. The van der Waals surface area contributed by atoms with E-state index in [-0.39, 0.29) is 0 Å². The highest BCUT2D eigenvalue weighted by Gasteiger charge is 2.19. The van der Waals surface area contributed by atoms with Crippen LogP contribution in [0, 0.1) is 0 Å². The summed E-state index contributed by atoms with van der Waals surface area (Å²) in [6, 6.07) is 35.4. The minimum absolute atomic E-state index is 0.343. The predicted octanol–water partition coefficient (Wildman–Crippen LogP) is 5.43. The van der Waals surface area contributed by atoms with E-state index in [0.29, 0.717) is 5.75 Å². The molecule has 0 saturated carbocycles. The van der Waals surface area contributed by atoms with Crippen LogP contribution in [-0.2, 0) is 0 Å². The van der Waals surface area contributed by atoms with Gasteiger partial charge in [0.2, 0.25) is 0 Å². The number of aromatic hydroxyl groups is 1. The average Bonchev–Trinajstić information content (AvgIpc) is 2.78. The normalized spacial score (nSPS) is 11.0. The van der Waals surface area contributed by atoms with Crippen LogP contribution in [-0.4, -0.2) is 13.0 Å². The molecule has 0 heterocycles. The van der Waals surface area contributed by atoms with Crippen molar-refractivity contribution in [2.45, 2.75) is 0 Å². The van der Waals surface area contributed by atoms with Crippen molar-refractivity contribution in [3.05, 3.63) is 103 Å². The maximum Gasteiger partial charge on any atom is 0.144 e. The third kappa shape index (κ3) is 2.92. The highest BCUT2D eigenvalue weighted by atomic mass is 16.3. The molecule has 0 bridgehead atoms. The number of nitrogens with zero attached hydrogens (tertiary/aromatic N) is 1. The van der Waals surface area contributed by atoms with Gasteiger partial charge in [0.1, 0.15) is 13.6 Å². The Morgan fingerprint density at radius 2 is 1.21 bits per heavy atom. The van der Waals surface area contributed by atoms with Crippen LogP contribution >= 0.6 is 0 Å². The Labute approximate surface area is 171 Å². The van der Waals surface area contributed by atoms with Gasteiger partial charge in [0.15, 0.2) is 0 Å². The summed E-state index contributed by atoms with van der Waals surface area (Å²) in [7, 11) is 1.96. The van der Waals surface area contributed by atoms with Crippen LogP contribution in [0.5, 0.6) is 5.75 Å². The van der Waals surface area contributed by atoms with Gasteiger partial charge in [0.05, 0.1) is 11.4 Å². The zero-order valence-electron chi connectivity index (χ0n) is 16.2. The summed E-state index contributed by atoms with van der Waals surface area (Å²) in [5.41, 5.74) is 4.11. The van der Waals surface area contributed by atoms with Crippen molar-refractivity contribution in [2.24, 2.45) is 0 Å². The lowest BCUT2D eigenvalue weighted by Crippen LogP contribution is -2.14. The third-order valence-electron chi connectivity index (χ3n) is 5.45. The van der Waals surface area contributed by atoms with Crippen LogP contribution in [0.2, 0.25) is 0 Å². The van der Waals surface area contributed by atoms with Crippen molar-refractivity contribution >= 4 is 51.9 Å². The summed E-state index contributed by atoms with van der Waals surface area (Å²) in [6.45, 7) is 0. The smallest absolute Gasteiger partial charge is 0.144 e. The zero-order chi connectivity index (χ0) is 19.8. The number of hydrogen-bond acceptors (Lipinski definition) is 2. The van der Waals surface area contributed by atoms with E-state index < -0.39 is 0 Å². The lowest BCUT2D eigenvalue weighted by atomic mass is 9.90. The molecule has 0 atom stereocenters. The topological polar surface area (TPSA) is 23.5 Å². The molecule has 0 aromatic heterocycles. The van der Waals surface area contributed by atoms with Crippen molar-refractivity contribution in [1.82, 2.24) is 0 Å². The summed E-state index contributed by atoms with van der Waals surface area (Å²) in [5, 5.41) is 14.9. The molecule has 138 valence electrons. The first-order chi connectivity index (χ1) is 14.2. The number of fused-ring (bicyclic) bond motifs is 2. The van der Waals surface area contributed by atoms with Crippen LogP contribution in [0.4, 0.5) is 17.1 Å². The van der Waals surface area contributed by atoms with E-state index in [0.717, 1.165) is 33.3 Å². The average molecular weight is 373 g/mol. The van der Waals surface area contributed by atoms with Crippen molar-refractivity contribution < 1.29 is 5.11 Å². The van der Waals surface area contributed by atoms with Gasteiger partial charge in [-0.1, -0.05) is 78.9 Å². The predicted molar refractivity (Wildman–Crippen MR) is 126 cm³/mol. The van der Waals surface area contributed by atoms with E-state index in [2.05, 4.69) is 83.8 Å². The second-order valence-electron chi connectivity index (χ2n) is 7.28. The number of anilines is 3. The molecule has 0 radical (unpaired) electrons. The molecule has 1 N–H and O–H groups in total. The second kappa shape index (κ2) is 7.03. The molecule has 2 nitrogen and oxygen atoms in total. The molecule has 29 heavy (non-hydrogen) atoms. The Kier molecular flexibility index (Phi) is 4.21. The number of phenolic OH excluding ortho intramolecular Hbond substituents is 1. The lowest BCUT2D eigenvalue weighted by Gasteiger charge is -2.28. The molecule has 5 rings (SSSR count). The van der Waals surface area contributed by atoms with Gasteiger partial charge in [0, 0.05) is 21.8 Å². The van der Waals surface area contributed by atoms with Crippen molar-refractivity contribution in [3.8, 4) is 5.75 Å². The second-order valence-corrected chi connectivity index (χ2v) is 7.28. The standard InChI is InChI=1S/C26H20BNO/c27-23-17-25(21-14-6-7-15-22(21)26(23)29)28(19-11-2-1-3-12-19)24-16-8-10-18-9-4-5-13-20(18)24/h1-17,29H,27H2. The Morgan fingerprint density at radius 1 is 0.586 bits per heavy atom. The molecule has 5 aromatic carbocycles. The van der Waals surface area contributed by atoms with Crippen molar-refractivity contribution in [1.29, 1.82) is 0 Å².